The van der Waals surface area contributed by atoms with Crippen LogP contribution in [-0.2, 0) is 0 Å². The van der Waals surface area contributed by atoms with Gasteiger partial charge in [-0.25, -0.2) is 9.97 Å². The number of aromatic nitrogens is 2. The van der Waals surface area contributed by atoms with E-state index in [1.807, 2.05) is 0 Å². The van der Waals surface area contributed by atoms with E-state index in [1.165, 1.54) is 25.7 Å². The Bertz CT molecular complexity index is 354. The Morgan fingerprint density at radius 3 is 2.93 bits per heavy atom. The molecule has 0 aliphatic heterocycles. The maximum Gasteiger partial charge on any atom is 0.141 e. The molecule has 3 nitrogen and oxygen atoms in total. The van der Waals surface area contributed by atoms with Crippen molar-refractivity contribution in [1.29, 1.82) is 0 Å². The third-order valence-corrected chi connectivity index (χ3v) is 3.88. The molecule has 1 aliphatic carbocycles. The van der Waals surface area contributed by atoms with E-state index in [2.05, 4.69) is 32.8 Å². The maximum atomic E-state index is 5.76. The van der Waals surface area contributed by atoms with Crippen LogP contribution in [0.4, 0.5) is 5.82 Å². The van der Waals surface area contributed by atoms with Crippen LogP contribution in [0.2, 0.25) is 0 Å². The molecule has 0 bridgehead atoms. The second-order valence-corrected chi connectivity index (χ2v) is 5.10. The summed E-state index contributed by atoms with van der Waals surface area (Å²) < 4.78 is 0.788. The molecule has 1 fully saturated rings. The number of hydrogen-bond acceptors (Lipinski definition) is 3. The van der Waals surface area contributed by atoms with Gasteiger partial charge in [0.2, 0.25) is 0 Å². The zero-order valence-electron chi connectivity index (χ0n) is 8.91. The fourth-order valence-electron chi connectivity index (χ4n) is 2.27. The first-order chi connectivity index (χ1) is 7.20. The molecule has 1 aromatic heterocycles. The summed E-state index contributed by atoms with van der Waals surface area (Å²) in [4.78, 5) is 8.70. The molecule has 2 unspecified atom stereocenters. The summed E-state index contributed by atoms with van der Waals surface area (Å²) in [6, 6.07) is 0. The van der Waals surface area contributed by atoms with Crippen LogP contribution in [0, 0.1) is 5.92 Å². The third kappa shape index (κ3) is 2.30. The van der Waals surface area contributed by atoms with Gasteiger partial charge in [0, 0.05) is 12.1 Å². The van der Waals surface area contributed by atoms with E-state index < -0.39 is 0 Å². The lowest BCUT2D eigenvalue weighted by Crippen LogP contribution is -2.04. The molecule has 0 amide bonds. The van der Waals surface area contributed by atoms with Gasteiger partial charge in [-0.2, -0.15) is 0 Å². The van der Waals surface area contributed by atoms with Crippen LogP contribution in [0.3, 0.4) is 0 Å². The monoisotopic (exact) mass is 269 g/mol. The fourth-order valence-corrected chi connectivity index (χ4v) is 2.46. The fraction of sp³-hybridized carbons (Fsp3) is 0.636. The van der Waals surface area contributed by atoms with Crippen LogP contribution < -0.4 is 5.73 Å². The van der Waals surface area contributed by atoms with Crippen molar-refractivity contribution in [2.75, 3.05) is 5.73 Å². The number of nitrogen functional groups attached to an aromatic ring is 1. The van der Waals surface area contributed by atoms with Crippen molar-refractivity contribution in [2.24, 2.45) is 5.92 Å². The molecule has 82 valence electrons. The molecule has 4 heteroatoms. The van der Waals surface area contributed by atoms with E-state index in [9.17, 15) is 0 Å². The second kappa shape index (κ2) is 4.47. The van der Waals surface area contributed by atoms with Gasteiger partial charge >= 0.3 is 0 Å². The molecular formula is C11H16BrN3. The molecule has 1 aliphatic rings. The predicted octanol–water partition coefficient (Wildman–Crippen LogP) is 3.12. The van der Waals surface area contributed by atoms with Crippen LogP contribution in [-0.4, -0.2) is 9.97 Å². The van der Waals surface area contributed by atoms with E-state index in [0.29, 0.717) is 11.7 Å². The highest BCUT2D eigenvalue weighted by Gasteiger charge is 2.26. The van der Waals surface area contributed by atoms with Crippen molar-refractivity contribution < 1.29 is 0 Å². The summed E-state index contributed by atoms with van der Waals surface area (Å²) in [7, 11) is 0. The highest BCUT2D eigenvalue weighted by Crippen LogP contribution is 2.38. The summed E-state index contributed by atoms with van der Waals surface area (Å²) in [5, 5.41) is 0. The van der Waals surface area contributed by atoms with Gasteiger partial charge in [-0.15, -0.1) is 0 Å². The largest absolute Gasteiger partial charge is 0.383 e. The highest BCUT2D eigenvalue weighted by molar-refractivity contribution is 9.10. The Balaban J connectivity index is 2.13. The topological polar surface area (TPSA) is 51.8 Å². The predicted molar refractivity (Wildman–Crippen MR) is 64.5 cm³/mol. The lowest BCUT2D eigenvalue weighted by atomic mass is 10.0. The first kappa shape index (κ1) is 10.9. The van der Waals surface area contributed by atoms with Gasteiger partial charge in [0.15, 0.2) is 0 Å². The van der Waals surface area contributed by atoms with Gasteiger partial charge in [-0.05, 0) is 41.1 Å². The van der Waals surface area contributed by atoms with Crippen LogP contribution in [0.1, 0.15) is 44.3 Å². The average Bonchev–Trinajstić information content (AvgIpc) is 2.70. The lowest BCUT2D eigenvalue weighted by Gasteiger charge is -2.09. The number of nitrogens with two attached hydrogens (primary N) is 1. The zero-order chi connectivity index (χ0) is 10.8. The Labute approximate surface area is 98.6 Å². The molecule has 0 aromatic carbocycles. The molecule has 1 saturated carbocycles. The van der Waals surface area contributed by atoms with Crippen molar-refractivity contribution in [2.45, 2.75) is 38.5 Å². The summed E-state index contributed by atoms with van der Waals surface area (Å²) in [5.74, 6) is 2.85. The summed E-state index contributed by atoms with van der Waals surface area (Å²) in [6.07, 6.45) is 6.76. The van der Waals surface area contributed by atoms with Gasteiger partial charge in [0.1, 0.15) is 11.6 Å². The molecule has 2 atom stereocenters. The summed E-state index contributed by atoms with van der Waals surface area (Å²) in [6.45, 7) is 2.25. The molecule has 2 N–H and O–H groups in total. The van der Waals surface area contributed by atoms with Crippen molar-refractivity contribution in [1.82, 2.24) is 9.97 Å². The van der Waals surface area contributed by atoms with E-state index in [4.69, 9.17) is 5.73 Å². The number of anilines is 1. The number of hydrogen-bond donors (Lipinski definition) is 1. The van der Waals surface area contributed by atoms with Crippen LogP contribution >= 0.6 is 15.9 Å². The Kier molecular flexibility index (Phi) is 3.24. The minimum Gasteiger partial charge on any atom is -0.383 e. The first-order valence-electron chi connectivity index (χ1n) is 5.48. The number of halogens is 1. The Morgan fingerprint density at radius 1 is 1.53 bits per heavy atom. The van der Waals surface area contributed by atoms with Gasteiger partial charge in [0.25, 0.3) is 0 Å². The minimum absolute atomic E-state index is 0.519. The van der Waals surface area contributed by atoms with Gasteiger partial charge in [-0.1, -0.05) is 13.3 Å². The SMILES string of the molecule is CCC1CCC(c2ncc(Br)c(N)n2)C1. The van der Waals surface area contributed by atoms with Gasteiger partial charge < -0.3 is 5.73 Å². The van der Waals surface area contributed by atoms with Crippen LogP contribution in [0.5, 0.6) is 0 Å². The smallest absolute Gasteiger partial charge is 0.141 e. The van der Waals surface area contributed by atoms with Gasteiger partial charge in [-0.3, -0.25) is 0 Å². The second-order valence-electron chi connectivity index (χ2n) is 4.25. The quantitative estimate of drug-likeness (QED) is 0.898. The molecule has 1 heterocycles. The van der Waals surface area contributed by atoms with Crippen molar-refractivity contribution in [3.05, 3.63) is 16.5 Å². The summed E-state index contributed by atoms with van der Waals surface area (Å²) >= 11 is 3.31. The Morgan fingerprint density at radius 2 is 2.33 bits per heavy atom. The number of nitrogens with zero attached hydrogens (tertiary/aromatic N) is 2. The molecule has 2 rings (SSSR count). The highest BCUT2D eigenvalue weighted by atomic mass is 79.9. The molecular weight excluding hydrogens is 254 g/mol. The van der Waals surface area contributed by atoms with E-state index in [-0.39, 0.29) is 0 Å². The summed E-state index contributed by atoms with van der Waals surface area (Å²) in [5.41, 5.74) is 5.76. The van der Waals surface area contributed by atoms with Crippen molar-refractivity contribution in [3.63, 3.8) is 0 Å². The van der Waals surface area contributed by atoms with E-state index in [1.54, 1.807) is 6.20 Å². The van der Waals surface area contributed by atoms with Crippen LogP contribution in [0.15, 0.2) is 10.7 Å². The minimum atomic E-state index is 0.519. The van der Waals surface area contributed by atoms with Gasteiger partial charge in [0.05, 0.1) is 4.47 Å². The number of rotatable bonds is 2. The Hall–Kier alpha value is -0.640. The average molecular weight is 270 g/mol. The first-order valence-corrected chi connectivity index (χ1v) is 6.28. The van der Waals surface area contributed by atoms with Crippen molar-refractivity contribution >= 4 is 21.7 Å². The standard InChI is InChI=1S/C11H16BrN3/c1-2-7-3-4-8(5-7)11-14-6-9(12)10(13)15-11/h6-8H,2-5H2,1H3,(H2,13,14,15). The molecule has 0 spiro atoms. The third-order valence-electron chi connectivity index (χ3n) is 3.27. The molecule has 1 aromatic rings. The van der Waals surface area contributed by atoms with E-state index in [0.717, 1.165) is 16.2 Å². The maximum absolute atomic E-state index is 5.76. The molecule has 0 radical (unpaired) electrons. The molecule has 0 saturated heterocycles. The molecule has 15 heavy (non-hydrogen) atoms. The zero-order valence-corrected chi connectivity index (χ0v) is 10.5. The van der Waals surface area contributed by atoms with Crippen molar-refractivity contribution in [3.8, 4) is 0 Å². The lowest BCUT2D eigenvalue weighted by molar-refractivity contribution is 0.516. The van der Waals surface area contributed by atoms with E-state index >= 15 is 0 Å². The normalized spacial score (nSPS) is 25.7. The van der Waals surface area contributed by atoms with Crippen LogP contribution in [0.25, 0.3) is 0 Å².